The predicted octanol–water partition coefficient (Wildman–Crippen LogP) is 2.55. The normalized spacial score (nSPS) is 33.6. The number of aliphatic imine (C=N–C) groups is 2. The van der Waals surface area contributed by atoms with Gasteiger partial charge in [0.15, 0.2) is 23.1 Å². The topological polar surface area (TPSA) is 263 Å². The summed E-state index contributed by atoms with van der Waals surface area (Å²) >= 11 is 0. The molecule has 3 heterocycles. The van der Waals surface area contributed by atoms with Crippen molar-refractivity contribution in [1.82, 2.24) is 0 Å². The van der Waals surface area contributed by atoms with Gasteiger partial charge in [0.2, 0.25) is 0 Å². The van der Waals surface area contributed by atoms with Crippen LogP contribution in [0.3, 0.4) is 0 Å². The van der Waals surface area contributed by atoms with Crippen LogP contribution in [0.2, 0.25) is 0 Å². The molecule has 10 atom stereocenters. The molecule has 16 heteroatoms. The number of carboxylic acid groups (broad SMARTS) is 1. The number of benzene rings is 3. The lowest BCUT2D eigenvalue weighted by atomic mass is 9.49. The molecule has 1 saturated heterocycles. The van der Waals surface area contributed by atoms with Crippen molar-refractivity contribution in [3.63, 3.8) is 0 Å². The van der Waals surface area contributed by atoms with E-state index in [1.165, 1.54) is 30.4 Å². The molecular weight excluding hydrogens is 791 g/mol. The Balaban J connectivity index is 1.18. The summed E-state index contributed by atoms with van der Waals surface area (Å²) in [4.78, 5) is 38.4. The fourth-order valence-electron chi connectivity index (χ4n) is 11.1. The highest BCUT2D eigenvalue weighted by Gasteiger charge is 2.68. The van der Waals surface area contributed by atoms with Crippen LogP contribution in [0.1, 0.15) is 65.8 Å². The number of fused-ring (bicyclic) bond motifs is 6. The van der Waals surface area contributed by atoms with Gasteiger partial charge in [0.05, 0.1) is 18.0 Å². The highest BCUT2D eigenvalue weighted by atomic mass is 16.8. The van der Waals surface area contributed by atoms with E-state index in [0.717, 1.165) is 54.2 Å². The van der Waals surface area contributed by atoms with E-state index in [0.29, 0.717) is 29.9 Å². The number of hydrogen-bond donors (Lipinski definition) is 9. The Morgan fingerprint density at radius 1 is 0.984 bits per heavy atom. The average Bonchev–Trinajstić information content (AvgIpc) is 3.98. The van der Waals surface area contributed by atoms with Crippen LogP contribution in [0.25, 0.3) is 6.08 Å². The average molecular weight is 838 g/mol. The van der Waals surface area contributed by atoms with Gasteiger partial charge in [0.1, 0.15) is 36.5 Å². The van der Waals surface area contributed by atoms with Gasteiger partial charge in [-0.1, -0.05) is 43.2 Å². The van der Waals surface area contributed by atoms with Crippen molar-refractivity contribution in [2.24, 2.45) is 21.8 Å². The highest BCUT2D eigenvalue weighted by molar-refractivity contribution is 6.32. The first-order chi connectivity index (χ1) is 29.2. The van der Waals surface area contributed by atoms with E-state index in [1.807, 2.05) is 12.1 Å². The van der Waals surface area contributed by atoms with Gasteiger partial charge in [-0.2, -0.15) is 0 Å². The van der Waals surface area contributed by atoms with E-state index in [2.05, 4.69) is 9.98 Å². The SMILES string of the molecule is O=C(C=Cc1ccc(O)c(CC2=NCN=C2)c1)N1c2cc(O[C@@]3(O)O[C@H](CO)[C@@H](O)[C@H](O)[C@H]3O)c(O)cc2[C@H]2[C@@H]([C@]34CCCC[C@@H]3CCc3cccc(O)c34)C=C[C@@]21C(=O)O. The minimum atomic E-state index is -3.14. The summed E-state index contributed by atoms with van der Waals surface area (Å²) in [5, 5.41) is 98.2. The number of phenols is 3. The van der Waals surface area contributed by atoms with Gasteiger partial charge in [0.25, 0.3) is 5.91 Å². The number of allylic oxidation sites excluding steroid dienone is 1. The van der Waals surface area contributed by atoms with Gasteiger partial charge in [-0.05, 0) is 84.6 Å². The number of rotatable bonds is 9. The van der Waals surface area contributed by atoms with Crippen molar-refractivity contribution in [2.75, 3.05) is 18.2 Å². The van der Waals surface area contributed by atoms with Crippen LogP contribution in [-0.2, 0) is 32.6 Å². The first kappa shape index (κ1) is 40.8. The zero-order chi connectivity index (χ0) is 43.0. The second-order valence-corrected chi connectivity index (χ2v) is 16.9. The molecule has 6 aliphatic rings. The molecule has 3 aliphatic carbocycles. The number of aliphatic hydroxyl groups excluding tert-OH is 4. The Morgan fingerprint density at radius 2 is 1.80 bits per heavy atom. The highest BCUT2D eigenvalue weighted by Crippen LogP contribution is 2.67. The molecule has 9 N–H and O–H groups in total. The molecule has 0 aromatic heterocycles. The lowest BCUT2D eigenvalue weighted by molar-refractivity contribution is -0.422. The smallest absolute Gasteiger partial charge is 0.355 e. The van der Waals surface area contributed by atoms with Gasteiger partial charge < -0.3 is 55.4 Å². The Kier molecular flexibility index (Phi) is 10.1. The van der Waals surface area contributed by atoms with Crippen LogP contribution in [0.15, 0.2) is 76.7 Å². The summed E-state index contributed by atoms with van der Waals surface area (Å²) < 4.78 is 11.0. The molecule has 0 radical (unpaired) electrons. The molecule has 16 nitrogen and oxygen atoms in total. The zero-order valence-electron chi connectivity index (χ0n) is 32.9. The Labute approximate surface area is 349 Å². The number of aliphatic carboxylic acids is 1. The first-order valence-electron chi connectivity index (χ1n) is 20.5. The molecule has 9 rings (SSSR count). The van der Waals surface area contributed by atoms with E-state index in [4.69, 9.17) is 9.47 Å². The van der Waals surface area contributed by atoms with Crippen molar-refractivity contribution >= 4 is 35.6 Å². The maximum absolute atomic E-state index is 14.9. The second kappa shape index (κ2) is 15.1. The molecule has 0 bridgehead atoms. The number of carbonyl (C=O) groups excluding carboxylic acids is 1. The molecule has 0 unspecified atom stereocenters. The van der Waals surface area contributed by atoms with Gasteiger partial charge >= 0.3 is 11.9 Å². The number of aromatic hydroxyl groups is 3. The molecule has 61 heavy (non-hydrogen) atoms. The number of phenolic OH excluding ortho intramolecular Hbond substituents is 3. The maximum Gasteiger partial charge on any atom is 0.355 e. The Morgan fingerprint density at radius 3 is 2.56 bits per heavy atom. The van der Waals surface area contributed by atoms with Crippen LogP contribution < -0.4 is 9.64 Å². The Bertz CT molecular complexity index is 2410. The van der Waals surface area contributed by atoms with E-state index >= 15 is 0 Å². The van der Waals surface area contributed by atoms with E-state index < -0.39 is 83.2 Å². The quantitative estimate of drug-likeness (QED) is 0.0854. The van der Waals surface area contributed by atoms with Gasteiger partial charge in [0, 0.05) is 47.2 Å². The van der Waals surface area contributed by atoms with Crippen molar-refractivity contribution in [2.45, 2.75) is 92.2 Å². The van der Waals surface area contributed by atoms with E-state index in [1.54, 1.807) is 30.5 Å². The van der Waals surface area contributed by atoms with Crippen LogP contribution >= 0.6 is 0 Å². The zero-order valence-corrected chi connectivity index (χ0v) is 32.9. The molecule has 3 aliphatic heterocycles. The lowest BCUT2D eigenvalue weighted by Crippen LogP contribution is -2.67. The van der Waals surface area contributed by atoms with Crippen LogP contribution in [0.5, 0.6) is 23.0 Å². The minimum absolute atomic E-state index is 0.0128. The third kappa shape index (κ3) is 6.26. The number of carboxylic acids is 1. The predicted molar refractivity (Wildman–Crippen MR) is 219 cm³/mol. The second-order valence-electron chi connectivity index (χ2n) is 16.9. The summed E-state index contributed by atoms with van der Waals surface area (Å²) in [6.07, 6.45) is 4.87. The van der Waals surface area contributed by atoms with Crippen LogP contribution in [-0.4, -0.2) is 119 Å². The number of carbonyl (C=O) groups is 2. The summed E-state index contributed by atoms with van der Waals surface area (Å²) in [6, 6.07) is 12.6. The summed E-state index contributed by atoms with van der Waals surface area (Å²) in [6.45, 7) is -0.602. The third-order valence-electron chi connectivity index (χ3n) is 13.8. The standard InChI is InChI=1S/C45H47N3O13/c49-21-35-39(54)40(55)41(56)45(59,61-35)60-34-19-30-28(18-33(34)52)38-29(43-14-2-1-5-26(43)10-9-24-4-3-6-32(51)37(24)43)13-15-44(38,42(57)58)48(30)36(53)12-8-23-7-11-31(50)25(16-23)17-27-20-46-22-47-27/h3-4,6-8,11-13,15-16,18-20,26,29,35,38-41,49-52,54-56,59H,1-2,5,9-10,14,17,21-22H2,(H,57,58)/t26-,29+,35-,38+,39-,40+,41-,43+,44+,45-/m1/s1. The number of amides is 1. The Hall–Kier alpha value is -5.62. The fraction of sp³-hybridized carbons (Fsp3) is 0.422. The van der Waals surface area contributed by atoms with Crippen molar-refractivity contribution in [3.05, 3.63) is 94.6 Å². The molecule has 320 valence electrons. The van der Waals surface area contributed by atoms with Crippen molar-refractivity contribution in [3.8, 4) is 23.0 Å². The van der Waals surface area contributed by atoms with Gasteiger partial charge in [-0.15, -0.1) is 0 Å². The van der Waals surface area contributed by atoms with Crippen LogP contribution in [0.4, 0.5) is 5.69 Å². The number of nitrogens with zero attached hydrogens (tertiary/aromatic N) is 3. The fourth-order valence-corrected chi connectivity index (χ4v) is 11.1. The number of aliphatic hydroxyl groups is 5. The molecular formula is C45H47N3O13. The molecule has 0 spiro atoms. The summed E-state index contributed by atoms with van der Waals surface area (Å²) in [5.41, 5.74) is 0.839. The molecule has 2 fully saturated rings. The largest absolute Gasteiger partial charge is 0.508 e. The third-order valence-corrected chi connectivity index (χ3v) is 13.8. The molecule has 3 aromatic carbocycles. The lowest BCUT2D eigenvalue weighted by Gasteiger charge is -2.54. The summed E-state index contributed by atoms with van der Waals surface area (Å²) in [5.74, 6) is -7.97. The van der Waals surface area contributed by atoms with E-state index in [9.17, 15) is 55.5 Å². The number of ether oxygens (including phenoxy) is 2. The number of anilines is 1. The maximum atomic E-state index is 14.9. The molecule has 1 saturated carbocycles. The number of aryl methyl sites for hydroxylation is 1. The molecule has 1 amide bonds. The monoisotopic (exact) mass is 837 g/mol. The van der Waals surface area contributed by atoms with Crippen molar-refractivity contribution in [1.29, 1.82) is 0 Å². The van der Waals surface area contributed by atoms with Gasteiger partial charge in [-0.3, -0.25) is 19.7 Å². The molecule has 3 aromatic rings. The van der Waals surface area contributed by atoms with Gasteiger partial charge in [-0.25, -0.2) is 4.79 Å². The summed E-state index contributed by atoms with van der Waals surface area (Å²) in [7, 11) is 0. The minimum Gasteiger partial charge on any atom is -0.508 e. The first-order valence-corrected chi connectivity index (χ1v) is 20.5. The van der Waals surface area contributed by atoms with E-state index in [-0.39, 0.29) is 35.1 Å². The van der Waals surface area contributed by atoms with Crippen LogP contribution in [0, 0.1) is 11.8 Å². The van der Waals surface area contributed by atoms with Crippen molar-refractivity contribution < 1.29 is 65.0 Å². The number of hydrogen-bond acceptors (Lipinski definition) is 14.